The molecule has 0 bridgehead atoms. The fourth-order valence-electron chi connectivity index (χ4n) is 3.74. The third-order valence-electron chi connectivity index (χ3n) is 5.27. The van der Waals surface area contributed by atoms with E-state index in [4.69, 9.17) is 4.74 Å². The molecule has 0 fully saturated rings. The van der Waals surface area contributed by atoms with Gasteiger partial charge < -0.3 is 15.0 Å². The molecular formula is C23H21FN4O4. The number of anilines is 1. The Balaban J connectivity index is 1.81. The normalized spacial score (nSPS) is 12.9. The Labute approximate surface area is 183 Å². The van der Waals surface area contributed by atoms with Crippen LogP contribution < -0.4 is 10.9 Å². The molecular weight excluding hydrogens is 415 g/mol. The van der Waals surface area contributed by atoms with Crippen molar-refractivity contribution < 1.29 is 18.7 Å². The minimum absolute atomic E-state index is 0.00508. The molecule has 32 heavy (non-hydrogen) atoms. The van der Waals surface area contributed by atoms with Crippen molar-refractivity contribution in [2.75, 3.05) is 25.6 Å². The first-order valence-electron chi connectivity index (χ1n) is 9.99. The maximum Gasteiger partial charge on any atom is 0.268 e. The molecule has 0 aliphatic carbocycles. The number of pyridine rings is 2. The second kappa shape index (κ2) is 9.11. The standard InChI is InChI=1S/C23H21FN4O4/c1-32-14-20(29)27-10-8-19-15(12-27)13-28(18-6-4-16(24)5-7-18)23(31)21(19)22(30)26-17-3-2-9-25-11-17/h2-7,9,11,13H,8,10,12,14H2,1H3,(H,26,30). The highest BCUT2D eigenvalue weighted by atomic mass is 19.1. The van der Waals surface area contributed by atoms with Gasteiger partial charge in [-0.15, -0.1) is 0 Å². The van der Waals surface area contributed by atoms with Crippen molar-refractivity contribution in [3.63, 3.8) is 0 Å². The highest BCUT2D eigenvalue weighted by Crippen LogP contribution is 2.23. The molecule has 0 saturated heterocycles. The van der Waals surface area contributed by atoms with Gasteiger partial charge in [0.2, 0.25) is 5.91 Å². The summed E-state index contributed by atoms with van der Waals surface area (Å²) in [5, 5.41) is 2.72. The van der Waals surface area contributed by atoms with Gasteiger partial charge in [0.05, 0.1) is 11.9 Å². The van der Waals surface area contributed by atoms with Crippen molar-refractivity contribution in [3.8, 4) is 5.69 Å². The monoisotopic (exact) mass is 436 g/mol. The SMILES string of the molecule is COCC(=O)N1CCc2c(cn(-c3ccc(F)cc3)c(=O)c2C(=O)Nc2cccnc2)C1. The number of nitrogens with one attached hydrogen (secondary N) is 1. The molecule has 0 radical (unpaired) electrons. The van der Waals surface area contributed by atoms with Crippen molar-refractivity contribution in [3.05, 3.63) is 87.9 Å². The summed E-state index contributed by atoms with van der Waals surface area (Å²) < 4.78 is 19.7. The van der Waals surface area contributed by atoms with Gasteiger partial charge in [-0.05, 0) is 53.9 Å². The summed E-state index contributed by atoms with van der Waals surface area (Å²) >= 11 is 0. The van der Waals surface area contributed by atoms with E-state index in [1.54, 1.807) is 29.4 Å². The molecule has 9 heteroatoms. The fourth-order valence-corrected chi connectivity index (χ4v) is 3.74. The van der Waals surface area contributed by atoms with Gasteiger partial charge in [-0.2, -0.15) is 0 Å². The summed E-state index contributed by atoms with van der Waals surface area (Å²) in [5.41, 5.74) is 1.60. The van der Waals surface area contributed by atoms with Crippen molar-refractivity contribution in [2.45, 2.75) is 13.0 Å². The van der Waals surface area contributed by atoms with Crippen LogP contribution in [0.25, 0.3) is 5.69 Å². The minimum atomic E-state index is -0.563. The topological polar surface area (TPSA) is 93.5 Å². The molecule has 1 aliphatic heterocycles. The van der Waals surface area contributed by atoms with E-state index in [-0.39, 0.29) is 24.6 Å². The molecule has 0 unspecified atom stereocenters. The molecule has 164 valence electrons. The molecule has 1 aromatic carbocycles. The molecule has 1 aliphatic rings. The van der Waals surface area contributed by atoms with E-state index in [2.05, 4.69) is 10.3 Å². The average Bonchev–Trinajstić information content (AvgIpc) is 2.79. The zero-order valence-electron chi connectivity index (χ0n) is 17.4. The van der Waals surface area contributed by atoms with Gasteiger partial charge in [-0.1, -0.05) is 0 Å². The Bertz CT molecular complexity index is 1210. The highest BCUT2D eigenvalue weighted by Gasteiger charge is 2.28. The number of halogens is 1. The Morgan fingerprint density at radius 2 is 2.00 bits per heavy atom. The Kier molecular flexibility index (Phi) is 6.09. The smallest absolute Gasteiger partial charge is 0.268 e. The number of nitrogens with zero attached hydrogens (tertiary/aromatic N) is 3. The van der Waals surface area contributed by atoms with Crippen molar-refractivity contribution in [1.29, 1.82) is 0 Å². The lowest BCUT2D eigenvalue weighted by Crippen LogP contribution is -2.41. The van der Waals surface area contributed by atoms with Gasteiger partial charge in [0, 0.05) is 38.3 Å². The van der Waals surface area contributed by atoms with Crippen molar-refractivity contribution in [2.24, 2.45) is 0 Å². The first-order chi connectivity index (χ1) is 15.5. The van der Waals surface area contributed by atoms with Gasteiger partial charge >= 0.3 is 0 Å². The number of rotatable bonds is 5. The first kappa shape index (κ1) is 21.4. The third kappa shape index (κ3) is 4.28. The number of ether oxygens (including phenoxy) is 1. The van der Waals surface area contributed by atoms with E-state index < -0.39 is 17.3 Å². The number of amides is 2. The number of carbonyl (C=O) groups is 2. The number of benzene rings is 1. The second-order valence-corrected chi connectivity index (χ2v) is 7.35. The van der Waals surface area contributed by atoms with Crippen LogP contribution in [0.1, 0.15) is 21.5 Å². The van der Waals surface area contributed by atoms with Crippen molar-refractivity contribution >= 4 is 17.5 Å². The molecule has 3 aromatic rings. The molecule has 2 amide bonds. The summed E-state index contributed by atoms with van der Waals surface area (Å²) in [5.74, 6) is -1.18. The number of hydrogen-bond donors (Lipinski definition) is 1. The van der Waals surface area contributed by atoms with Crippen LogP contribution in [0.4, 0.5) is 10.1 Å². The molecule has 4 rings (SSSR count). The lowest BCUT2D eigenvalue weighted by atomic mass is 9.95. The molecule has 3 heterocycles. The zero-order valence-corrected chi connectivity index (χ0v) is 17.4. The number of carbonyl (C=O) groups excluding carboxylic acids is 2. The van der Waals surface area contributed by atoms with E-state index in [1.165, 1.54) is 42.1 Å². The summed E-state index contributed by atoms with van der Waals surface area (Å²) in [6.45, 7) is 0.538. The van der Waals surface area contributed by atoms with E-state index in [1.807, 2.05) is 0 Å². The second-order valence-electron chi connectivity index (χ2n) is 7.35. The Morgan fingerprint density at radius 3 is 2.69 bits per heavy atom. The van der Waals surface area contributed by atoms with Gasteiger partial charge in [0.25, 0.3) is 11.5 Å². The van der Waals surface area contributed by atoms with E-state index >= 15 is 0 Å². The third-order valence-corrected chi connectivity index (χ3v) is 5.27. The lowest BCUT2D eigenvalue weighted by molar-refractivity contribution is -0.136. The quantitative estimate of drug-likeness (QED) is 0.662. The molecule has 0 spiro atoms. The molecule has 1 N–H and O–H groups in total. The summed E-state index contributed by atoms with van der Waals surface area (Å²) in [6.07, 6.45) is 5.02. The molecule has 2 aromatic heterocycles. The summed E-state index contributed by atoms with van der Waals surface area (Å²) in [4.78, 5) is 44.4. The van der Waals surface area contributed by atoms with Gasteiger partial charge in [-0.25, -0.2) is 4.39 Å². The number of fused-ring (bicyclic) bond motifs is 1. The van der Waals surface area contributed by atoms with Crippen LogP contribution in [0, 0.1) is 5.82 Å². The minimum Gasteiger partial charge on any atom is -0.375 e. The molecule has 8 nitrogen and oxygen atoms in total. The predicted molar refractivity (Wildman–Crippen MR) is 115 cm³/mol. The van der Waals surface area contributed by atoms with Crippen LogP contribution in [0.5, 0.6) is 0 Å². The summed E-state index contributed by atoms with van der Waals surface area (Å²) in [7, 11) is 1.45. The van der Waals surface area contributed by atoms with Crippen LogP contribution in [-0.4, -0.2) is 46.5 Å². The van der Waals surface area contributed by atoms with E-state index in [0.29, 0.717) is 35.5 Å². The maximum atomic E-state index is 13.4. The van der Waals surface area contributed by atoms with E-state index in [0.717, 1.165) is 0 Å². The van der Waals surface area contributed by atoms with Gasteiger partial charge in [0.1, 0.15) is 18.0 Å². The number of methoxy groups -OCH3 is 1. The van der Waals surface area contributed by atoms with Crippen LogP contribution in [0.2, 0.25) is 0 Å². The molecule has 0 saturated carbocycles. The average molecular weight is 436 g/mol. The summed E-state index contributed by atoms with van der Waals surface area (Å²) in [6, 6.07) is 8.75. The van der Waals surface area contributed by atoms with Crippen LogP contribution in [-0.2, 0) is 22.5 Å². The zero-order chi connectivity index (χ0) is 22.7. The Morgan fingerprint density at radius 1 is 1.22 bits per heavy atom. The number of hydrogen-bond acceptors (Lipinski definition) is 5. The van der Waals surface area contributed by atoms with Crippen LogP contribution >= 0.6 is 0 Å². The highest BCUT2D eigenvalue weighted by molar-refractivity contribution is 6.05. The van der Waals surface area contributed by atoms with Gasteiger partial charge in [-0.3, -0.25) is 23.9 Å². The fraction of sp³-hybridized carbons (Fsp3) is 0.217. The Hall–Kier alpha value is -3.85. The van der Waals surface area contributed by atoms with Gasteiger partial charge in [0.15, 0.2) is 0 Å². The lowest BCUT2D eigenvalue weighted by Gasteiger charge is -2.30. The first-order valence-corrected chi connectivity index (χ1v) is 9.99. The molecule has 0 atom stereocenters. The number of aromatic nitrogens is 2. The van der Waals surface area contributed by atoms with E-state index in [9.17, 15) is 18.8 Å². The van der Waals surface area contributed by atoms with Crippen molar-refractivity contribution in [1.82, 2.24) is 14.5 Å². The predicted octanol–water partition coefficient (Wildman–Crippen LogP) is 2.15. The maximum absolute atomic E-state index is 13.4. The van der Waals surface area contributed by atoms with Crippen LogP contribution in [0.15, 0.2) is 59.8 Å². The largest absolute Gasteiger partial charge is 0.375 e. The van der Waals surface area contributed by atoms with Crippen LogP contribution in [0.3, 0.4) is 0 Å².